The molecule has 0 N–H and O–H groups in total. The van der Waals surface area contributed by atoms with Gasteiger partial charge < -0.3 is 4.74 Å². The molecule has 0 radical (unpaired) electrons. The molecule has 0 rings (SSSR count). The molecule has 0 aromatic rings. The third kappa shape index (κ3) is 3.93. The summed E-state index contributed by atoms with van der Waals surface area (Å²) < 4.78 is 4.81. The van der Waals surface area contributed by atoms with Crippen LogP contribution in [0, 0.1) is 11.3 Å². The number of hydrogen-bond donors (Lipinski definition) is 0. The zero-order chi connectivity index (χ0) is 8.69. The van der Waals surface area contributed by atoms with Crippen LogP contribution in [-0.2, 0) is 4.74 Å². The monoisotopic (exact) mass is 150 g/mol. The Labute approximate surface area is 66.3 Å². The van der Waals surface area contributed by atoms with Gasteiger partial charge in [-0.1, -0.05) is 6.58 Å². The maximum absolute atomic E-state index is 8.39. The Morgan fingerprint density at radius 2 is 2.36 bits per heavy atom. The Balaban J connectivity index is 4.45. The van der Waals surface area contributed by atoms with Crippen LogP contribution in [-0.4, -0.2) is 13.0 Å². The van der Waals surface area contributed by atoms with Crippen molar-refractivity contribution < 1.29 is 4.74 Å². The predicted octanol–water partition coefficient (Wildman–Crippen LogP) is 1.64. The van der Waals surface area contributed by atoms with Crippen molar-refractivity contribution in [2.75, 3.05) is 7.11 Å². The van der Waals surface area contributed by atoms with Crippen LogP contribution in [0.2, 0.25) is 0 Å². The van der Waals surface area contributed by atoms with Gasteiger partial charge in [-0.25, -0.2) is 4.99 Å². The molecule has 3 nitrogen and oxygen atoms in total. The SMILES string of the molecule is C=C/N=C(\C=C(/C)C#N)OC. The molecule has 58 valence electrons. The fourth-order valence-electron chi connectivity index (χ4n) is 0.456. The summed E-state index contributed by atoms with van der Waals surface area (Å²) in [6.45, 7) is 5.08. The molecule has 0 aromatic carbocycles. The lowest BCUT2D eigenvalue weighted by atomic mass is 10.3. The van der Waals surface area contributed by atoms with Gasteiger partial charge in [-0.15, -0.1) is 0 Å². The van der Waals surface area contributed by atoms with Crippen LogP contribution in [0.3, 0.4) is 0 Å². The summed E-state index contributed by atoms with van der Waals surface area (Å²) in [7, 11) is 1.49. The number of allylic oxidation sites excluding steroid dienone is 1. The minimum Gasteiger partial charge on any atom is -0.481 e. The predicted molar refractivity (Wildman–Crippen MR) is 44.0 cm³/mol. The summed E-state index contributed by atoms with van der Waals surface area (Å²) in [6, 6.07) is 1.95. The Morgan fingerprint density at radius 3 is 2.73 bits per heavy atom. The normalized spacial score (nSPS) is 12.1. The fraction of sp³-hybridized carbons (Fsp3) is 0.250. The van der Waals surface area contributed by atoms with Crippen molar-refractivity contribution in [3.8, 4) is 6.07 Å². The fourth-order valence-corrected chi connectivity index (χ4v) is 0.456. The highest BCUT2D eigenvalue weighted by atomic mass is 16.5. The van der Waals surface area contributed by atoms with Crippen molar-refractivity contribution >= 4 is 5.90 Å². The van der Waals surface area contributed by atoms with Crippen LogP contribution in [0.25, 0.3) is 0 Å². The smallest absolute Gasteiger partial charge is 0.213 e. The lowest BCUT2D eigenvalue weighted by Crippen LogP contribution is -1.96. The number of ether oxygens (including phenoxy) is 1. The Hall–Kier alpha value is -1.56. The van der Waals surface area contributed by atoms with Crippen molar-refractivity contribution in [2.45, 2.75) is 6.92 Å². The Kier molecular flexibility index (Phi) is 4.50. The summed E-state index contributed by atoms with van der Waals surface area (Å²) >= 11 is 0. The van der Waals surface area contributed by atoms with Gasteiger partial charge in [-0.3, -0.25) is 0 Å². The van der Waals surface area contributed by atoms with Crippen LogP contribution in [0.5, 0.6) is 0 Å². The van der Waals surface area contributed by atoms with Gasteiger partial charge in [0.1, 0.15) is 0 Å². The molecule has 0 heterocycles. The van der Waals surface area contributed by atoms with E-state index in [4.69, 9.17) is 10.00 Å². The molecule has 3 heteroatoms. The zero-order valence-corrected chi connectivity index (χ0v) is 6.66. The summed E-state index contributed by atoms with van der Waals surface area (Å²) in [5.74, 6) is 0.388. The van der Waals surface area contributed by atoms with Gasteiger partial charge >= 0.3 is 0 Å². The first kappa shape index (κ1) is 9.44. The average Bonchev–Trinajstić information content (AvgIpc) is 2.03. The summed E-state index contributed by atoms with van der Waals surface area (Å²) in [5, 5.41) is 8.39. The average molecular weight is 150 g/mol. The quantitative estimate of drug-likeness (QED) is 0.341. The van der Waals surface area contributed by atoms with E-state index in [9.17, 15) is 0 Å². The highest BCUT2D eigenvalue weighted by molar-refractivity contribution is 5.89. The van der Waals surface area contributed by atoms with Crippen molar-refractivity contribution in [3.05, 3.63) is 24.4 Å². The lowest BCUT2D eigenvalue weighted by molar-refractivity contribution is 0.407. The molecule has 0 unspecified atom stereocenters. The molecule has 0 aliphatic carbocycles. The molecule has 0 atom stereocenters. The van der Waals surface area contributed by atoms with E-state index in [1.54, 1.807) is 13.0 Å². The second kappa shape index (κ2) is 5.24. The summed E-state index contributed by atoms with van der Waals surface area (Å²) in [4.78, 5) is 3.76. The molecule has 0 aliphatic heterocycles. The van der Waals surface area contributed by atoms with Gasteiger partial charge in [0.25, 0.3) is 0 Å². The number of nitriles is 1. The molecule has 0 spiro atoms. The first-order valence-corrected chi connectivity index (χ1v) is 3.05. The maximum Gasteiger partial charge on any atom is 0.213 e. The number of aliphatic imine (C=N–C) groups is 1. The van der Waals surface area contributed by atoms with E-state index < -0.39 is 0 Å². The standard InChI is InChI=1S/C8H10N2O/c1-4-10-8(11-3)5-7(2)6-9/h4-5H,1H2,2-3H3/b7-5+,10-8+. The van der Waals surface area contributed by atoms with E-state index in [-0.39, 0.29) is 0 Å². The highest BCUT2D eigenvalue weighted by Gasteiger charge is 1.91. The topological polar surface area (TPSA) is 45.4 Å². The summed E-state index contributed by atoms with van der Waals surface area (Å²) in [5.41, 5.74) is 0.549. The van der Waals surface area contributed by atoms with Crippen molar-refractivity contribution in [1.29, 1.82) is 5.26 Å². The van der Waals surface area contributed by atoms with Crippen LogP contribution >= 0.6 is 0 Å². The third-order valence-corrected chi connectivity index (χ3v) is 0.944. The van der Waals surface area contributed by atoms with Crippen LogP contribution in [0.4, 0.5) is 0 Å². The number of rotatable bonds is 2. The van der Waals surface area contributed by atoms with Crippen molar-refractivity contribution in [1.82, 2.24) is 0 Å². The maximum atomic E-state index is 8.39. The van der Waals surface area contributed by atoms with E-state index >= 15 is 0 Å². The van der Waals surface area contributed by atoms with Crippen LogP contribution in [0.15, 0.2) is 29.4 Å². The van der Waals surface area contributed by atoms with Gasteiger partial charge in [0.05, 0.1) is 13.2 Å². The molecule has 0 saturated heterocycles. The highest BCUT2D eigenvalue weighted by Crippen LogP contribution is 1.92. The minimum atomic E-state index is 0.388. The van der Waals surface area contributed by atoms with Crippen molar-refractivity contribution in [3.63, 3.8) is 0 Å². The molecule has 0 amide bonds. The Bertz CT molecular complexity index is 233. The lowest BCUT2D eigenvalue weighted by Gasteiger charge is -1.95. The van der Waals surface area contributed by atoms with E-state index in [0.29, 0.717) is 11.5 Å². The van der Waals surface area contributed by atoms with E-state index in [1.165, 1.54) is 13.3 Å². The number of methoxy groups -OCH3 is 1. The largest absolute Gasteiger partial charge is 0.481 e. The van der Waals surface area contributed by atoms with E-state index in [1.807, 2.05) is 6.07 Å². The molecule has 0 saturated carbocycles. The first-order valence-electron chi connectivity index (χ1n) is 3.05. The van der Waals surface area contributed by atoms with Crippen molar-refractivity contribution in [2.24, 2.45) is 4.99 Å². The summed E-state index contributed by atoms with van der Waals surface area (Å²) in [6.07, 6.45) is 2.90. The van der Waals surface area contributed by atoms with Gasteiger partial charge in [-0.05, 0) is 6.92 Å². The zero-order valence-electron chi connectivity index (χ0n) is 6.66. The molecular weight excluding hydrogens is 140 g/mol. The molecule has 0 fully saturated rings. The van der Waals surface area contributed by atoms with Gasteiger partial charge in [0.2, 0.25) is 5.90 Å². The molecule has 0 aromatic heterocycles. The Morgan fingerprint density at radius 1 is 1.73 bits per heavy atom. The molecular formula is C8H10N2O. The van der Waals surface area contributed by atoms with Crippen LogP contribution in [0.1, 0.15) is 6.92 Å². The number of hydrogen-bond acceptors (Lipinski definition) is 3. The van der Waals surface area contributed by atoms with E-state index in [0.717, 1.165) is 0 Å². The molecule has 0 aliphatic rings. The van der Waals surface area contributed by atoms with Gasteiger partial charge in [0.15, 0.2) is 0 Å². The van der Waals surface area contributed by atoms with E-state index in [2.05, 4.69) is 11.6 Å². The van der Waals surface area contributed by atoms with Gasteiger partial charge in [0, 0.05) is 17.8 Å². The second-order valence-corrected chi connectivity index (χ2v) is 1.79. The van der Waals surface area contributed by atoms with Crippen LogP contribution < -0.4 is 0 Å². The van der Waals surface area contributed by atoms with Gasteiger partial charge in [-0.2, -0.15) is 5.26 Å². The third-order valence-electron chi connectivity index (χ3n) is 0.944. The molecule has 11 heavy (non-hydrogen) atoms. The second-order valence-electron chi connectivity index (χ2n) is 1.79. The number of nitrogens with zero attached hydrogens (tertiary/aromatic N) is 2. The molecule has 0 bridgehead atoms. The first-order chi connectivity index (χ1) is 5.24. The minimum absolute atomic E-state index is 0.388.